The highest BCUT2D eigenvalue weighted by Gasteiger charge is 2.23. The van der Waals surface area contributed by atoms with Gasteiger partial charge in [-0.1, -0.05) is 13.8 Å². The molecule has 0 unspecified atom stereocenters. The highest BCUT2D eigenvalue weighted by Crippen LogP contribution is 2.17. The van der Waals surface area contributed by atoms with Crippen molar-refractivity contribution < 1.29 is 9.59 Å². The quantitative estimate of drug-likeness (QED) is 0.837. The van der Waals surface area contributed by atoms with Crippen molar-refractivity contribution in [3.8, 4) is 0 Å². The van der Waals surface area contributed by atoms with Gasteiger partial charge in [0, 0.05) is 26.1 Å². The summed E-state index contributed by atoms with van der Waals surface area (Å²) >= 11 is 0. The second-order valence-corrected chi connectivity index (χ2v) is 6.94. The lowest BCUT2D eigenvalue weighted by Gasteiger charge is -2.32. The first-order valence-electron chi connectivity index (χ1n) is 8.85. The predicted octanol–water partition coefficient (Wildman–Crippen LogP) is 1.48. The van der Waals surface area contributed by atoms with Gasteiger partial charge in [-0.05, 0) is 50.6 Å². The van der Waals surface area contributed by atoms with Gasteiger partial charge in [-0.2, -0.15) is 0 Å². The van der Waals surface area contributed by atoms with E-state index in [1.54, 1.807) is 0 Å². The molecule has 0 aromatic heterocycles. The fraction of sp³-hybridized carbons (Fsp3) is 0.882. The Kier molecular flexibility index (Phi) is 6.68. The van der Waals surface area contributed by atoms with Gasteiger partial charge in [-0.25, -0.2) is 0 Å². The van der Waals surface area contributed by atoms with Crippen LogP contribution in [0.5, 0.6) is 0 Å². The van der Waals surface area contributed by atoms with Gasteiger partial charge in [0.25, 0.3) is 0 Å². The zero-order valence-electron chi connectivity index (χ0n) is 14.1. The molecule has 5 heteroatoms. The number of amides is 2. The van der Waals surface area contributed by atoms with E-state index in [-0.39, 0.29) is 11.8 Å². The summed E-state index contributed by atoms with van der Waals surface area (Å²) in [6.45, 7) is 9.28. The van der Waals surface area contributed by atoms with Crippen LogP contribution in [-0.4, -0.2) is 60.9 Å². The summed E-state index contributed by atoms with van der Waals surface area (Å²) in [4.78, 5) is 27.9. The zero-order valence-corrected chi connectivity index (χ0v) is 14.1. The molecular weight excluding hydrogens is 278 g/mol. The van der Waals surface area contributed by atoms with Crippen molar-refractivity contribution in [2.24, 2.45) is 11.8 Å². The molecule has 0 aromatic rings. The Bertz CT molecular complexity index is 370. The van der Waals surface area contributed by atoms with Gasteiger partial charge in [0.2, 0.25) is 11.8 Å². The van der Waals surface area contributed by atoms with E-state index in [4.69, 9.17) is 0 Å². The van der Waals surface area contributed by atoms with Crippen molar-refractivity contribution in [2.75, 3.05) is 39.3 Å². The first kappa shape index (κ1) is 17.3. The smallest absolute Gasteiger partial charge is 0.234 e. The Balaban J connectivity index is 1.60. The molecule has 2 amide bonds. The van der Waals surface area contributed by atoms with Crippen LogP contribution in [0.25, 0.3) is 0 Å². The van der Waals surface area contributed by atoms with E-state index < -0.39 is 0 Å². The van der Waals surface area contributed by atoms with E-state index in [2.05, 4.69) is 17.1 Å². The van der Waals surface area contributed by atoms with E-state index in [1.165, 1.54) is 12.8 Å². The summed E-state index contributed by atoms with van der Waals surface area (Å²) in [6.07, 6.45) is 5.02. The number of carbonyl (C=O) groups is 2. The van der Waals surface area contributed by atoms with E-state index in [0.717, 1.165) is 51.5 Å². The Morgan fingerprint density at radius 1 is 1.05 bits per heavy atom. The van der Waals surface area contributed by atoms with E-state index in [9.17, 15) is 9.59 Å². The first-order valence-corrected chi connectivity index (χ1v) is 8.85. The topological polar surface area (TPSA) is 52.7 Å². The Morgan fingerprint density at radius 2 is 1.68 bits per heavy atom. The highest BCUT2D eigenvalue weighted by atomic mass is 16.2. The molecule has 1 N–H and O–H groups in total. The van der Waals surface area contributed by atoms with Crippen LogP contribution in [0.2, 0.25) is 0 Å². The largest absolute Gasteiger partial charge is 0.355 e. The van der Waals surface area contributed by atoms with E-state index in [0.29, 0.717) is 18.9 Å². The number of carbonyl (C=O) groups excluding carboxylic acids is 2. The molecule has 0 aromatic carbocycles. The molecule has 2 aliphatic rings. The molecule has 2 rings (SSSR count). The lowest BCUT2D eigenvalue weighted by Crippen LogP contribution is -2.44. The first-order chi connectivity index (χ1) is 10.6. The molecule has 2 aliphatic heterocycles. The molecule has 126 valence electrons. The third-order valence-electron chi connectivity index (χ3n) is 5.10. The van der Waals surface area contributed by atoms with Gasteiger partial charge >= 0.3 is 0 Å². The minimum Gasteiger partial charge on any atom is -0.355 e. The van der Waals surface area contributed by atoms with Gasteiger partial charge < -0.3 is 10.2 Å². The van der Waals surface area contributed by atoms with Crippen molar-refractivity contribution in [1.29, 1.82) is 0 Å². The number of nitrogens with one attached hydrogen (secondary N) is 1. The number of hydrogen-bond donors (Lipinski definition) is 1. The number of likely N-dealkylation sites (tertiary alicyclic amines) is 2. The third kappa shape index (κ3) is 5.27. The molecule has 2 fully saturated rings. The SMILES string of the molecule is CCC(=O)N1CCC(CNC(=O)CN2CCC(C)CC2)CC1. The molecule has 0 saturated carbocycles. The molecular formula is C17H31N3O2. The van der Waals surface area contributed by atoms with Crippen molar-refractivity contribution in [3.05, 3.63) is 0 Å². The van der Waals surface area contributed by atoms with Gasteiger partial charge in [-0.15, -0.1) is 0 Å². The Morgan fingerprint density at radius 3 is 2.27 bits per heavy atom. The van der Waals surface area contributed by atoms with Crippen molar-refractivity contribution in [3.63, 3.8) is 0 Å². The molecule has 0 aliphatic carbocycles. The molecule has 0 radical (unpaired) electrons. The second-order valence-electron chi connectivity index (χ2n) is 6.94. The number of nitrogens with zero attached hydrogens (tertiary/aromatic N) is 2. The third-order valence-corrected chi connectivity index (χ3v) is 5.10. The lowest BCUT2D eigenvalue weighted by atomic mass is 9.96. The molecule has 2 heterocycles. The van der Waals surface area contributed by atoms with Crippen LogP contribution < -0.4 is 5.32 Å². The van der Waals surface area contributed by atoms with E-state index in [1.807, 2.05) is 11.8 Å². The summed E-state index contributed by atoms with van der Waals surface area (Å²) in [6, 6.07) is 0. The Hall–Kier alpha value is -1.10. The van der Waals surface area contributed by atoms with Crippen LogP contribution in [0, 0.1) is 11.8 Å². The van der Waals surface area contributed by atoms with Gasteiger partial charge in [-0.3, -0.25) is 14.5 Å². The summed E-state index contributed by atoms with van der Waals surface area (Å²) in [5, 5.41) is 3.08. The van der Waals surface area contributed by atoms with Crippen molar-refractivity contribution in [1.82, 2.24) is 15.1 Å². The van der Waals surface area contributed by atoms with Crippen LogP contribution in [0.4, 0.5) is 0 Å². The van der Waals surface area contributed by atoms with Gasteiger partial charge in [0.15, 0.2) is 0 Å². The maximum atomic E-state index is 12.0. The average molecular weight is 309 g/mol. The second kappa shape index (κ2) is 8.51. The molecule has 0 bridgehead atoms. The van der Waals surface area contributed by atoms with Crippen LogP contribution >= 0.6 is 0 Å². The monoisotopic (exact) mass is 309 g/mol. The summed E-state index contributed by atoms with van der Waals surface area (Å²) in [7, 11) is 0. The summed E-state index contributed by atoms with van der Waals surface area (Å²) < 4.78 is 0. The molecule has 5 nitrogen and oxygen atoms in total. The molecule has 2 saturated heterocycles. The van der Waals surface area contributed by atoms with Crippen LogP contribution in [0.3, 0.4) is 0 Å². The summed E-state index contributed by atoms with van der Waals surface area (Å²) in [5.41, 5.74) is 0. The fourth-order valence-corrected chi connectivity index (χ4v) is 3.35. The van der Waals surface area contributed by atoms with Crippen molar-refractivity contribution >= 4 is 11.8 Å². The van der Waals surface area contributed by atoms with Crippen LogP contribution in [-0.2, 0) is 9.59 Å². The van der Waals surface area contributed by atoms with Gasteiger partial charge in [0.1, 0.15) is 0 Å². The number of piperidine rings is 2. The zero-order chi connectivity index (χ0) is 15.9. The Labute approximate surface area is 134 Å². The van der Waals surface area contributed by atoms with Crippen LogP contribution in [0.15, 0.2) is 0 Å². The number of hydrogen-bond acceptors (Lipinski definition) is 3. The standard InChI is InChI=1S/C17H31N3O2/c1-3-17(22)20-10-6-15(7-11-20)12-18-16(21)13-19-8-4-14(2)5-9-19/h14-15H,3-13H2,1-2H3,(H,18,21). The minimum atomic E-state index is 0.154. The minimum absolute atomic E-state index is 0.154. The van der Waals surface area contributed by atoms with Gasteiger partial charge in [0.05, 0.1) is 6.54 Å². The average Bonchev–Trinajstić information content (AvgIpc) is 2.55. The lowest BCUT2D eigenvalue weighted by molar-refractivity contribution is -0.132. The molecule has 22 heavy (non-hydrogen) atoms. The summed E-state index contributed by atoms with van der Waals surface area (Å²) in [5.74, 6) is 1.73. The normalized spacial score (nSPS) is 21.8. The van der Waals surface area contributed by atoms with Crippen LogP contribution in [0.1, 0.15) is 46.0 Å². The maximum Gasteiger partial charge on any atom is 0.234 e. The maximum absolute atomic E-state index is 12.0. The fourth-order valence-electron chi connectivity index (χ4n) is 3.35. The highest BCUT2D eigenvalue weighted by molar-refractivity contribution is 5.78. The predicted molar refractivity (Wildman–Crippen MR) is 87.4 cm³/mol. The molecule has 0 atom stereocenters. The van der Waals surface area contributed by atoms with Crippen molar-refractivity contribution in [2.45, 2.75) is 46.0 Å². The number of rotatable bonds is 5. The molecule has 0 spiro atoms. The van der Waals surface area contributed by atoms with E-state index >= 15 is 0 Å².